The van der Waals surface area contributed by atoms with Gasteiger partial charge < -0.3 is 9.47 Å². The zero-order valence-electron chi connectivity index (χ0n) is 18.8. The highest BCUT2D eigenvalue weighted by atomic mass is 16.5. The summed E-state index contributed by atoms with van der Waals surface area (Å²) in [6.07, 6.45) is 10.5. The first kappa shape index (κ1) is 22.7. The molecular formula is C24H44O3. The molecule has 0 aromatic carbocycles. The van der Waals surface area contributed by atoms with Crippen LogP contribution in [0.4, 0.5) is 0 Å². The van der Waals surface area contributed by atoms with E-state index in [0.29, 0.717) is 23.9 Å². The fourth-order valence-electron chi connectivity index (χ4n) is 4.72. The lowest BCUT2D eigenvalue weighted by Crippen LogP contribution is -2.29. The largest absolute Gasteiger partial charge is 0.465 e. The van der Waals surface area contributed by atoms with E-state index >= 15 is 0 Å². The highest BCUT2D eigenvalue weighted by Gasteiger charge is 2.30. The molecule has 3 heteroatoms. The van der Waals surface area contributed by atoms with E-state index in [1.165, 1.54) is 44.9 Å². The minimum atomic E-state index is -0.0434. The maximum absolute atomic E-state index is 12.5. The summed E-state index contributed by atoms with van der Waals surface area (Å²) in [7, 11) is 0. The molecule has 0 aliphatic heterocycles. The Morgan fingerprint density at radius 3 is 1.70 bits per heavy atom. The molecule has 0 saturated heterocycles. The quantitative estimate of drug-likeness (QED) is 0.501. The van der Waals surface area contributed by atoms with Gasteiger partial charge in [0.1, 0.15) is 0 Å². The molecule has 0 heterocycles. The second kappa shape index (κ2) is 9.76. The first-order valence-electron chi connectivity index (χ1n) is 11.3. The van der Waals surface area contributed by atoms with Crippen LogP contribution in [-0.2, 0) is 14.3 Å². The molecule has 2 aliphatic carbocycles. The van der Waals surface area contributed by atoms with Crippen molar-refractivity contribution in [2.75, 3.05) is 13.2 Å². The van der Waals surface area contributed by atoms with Gasteiger partial charge in [0, 0.05) is 0 Å². The maximum atomic E-state index is 12.5. The van der Waals surface area contributed by atoms with Crippen molar-refractivity contribution in [1.82, 2.24) is 0 Å². The zero-order valence-corrected chi connectivity index (χ0v) is 18.8. The molecule has 0 atom stereocenters. The van der Waals surface area contributed by atoms with Crippen LogP contribution in [-0.4, -0.2) is 24.8 Å². The molecular weight excluding hydrogens is 336 g/mol. The molecule has 0 spiro atoms. The molecule has 3 nitrogen and oxygen atoms in total. The average molecular weight is 381 g/mol. The van der Waals surface area contributed by atoms with Crippen molar-refractivity contribution in [3.05, 3.63) is 0 Å². The summed E-state index contributed by atoms with van der Waals surface area (Å²) in [4.78, 5) is 12.5. The molecule has 2 rings (SSSR count). The van der Waals surface area contributed by atoms with Crippen LogP contribution in [0.1, 0.15) is 99.3 Å². The van der Waals surface area contributed by atoms with E-state index in [2.05, 4.69) is 41.5 Å². The Labute approximate surface area is 168 Å². The first-order valence-corrected chi connectivity index (χ1v) is 11.3. The third-order valence-electron chi connectivity index (χ3n) is 6.26. The van der Waals surface area contributed by atoms with Gasteiger partial charge in [0.15, 0.2) is 0 Å². The Morgan fingerprint density at radius 2 is 1.22 bits per heavy atom. The summed E-state index contributed by atoms with van der Waals surface area (Å²) in [5.74, 6) is 2.24. The van der Waals surface area contributed by atoms with Crippen molar-refractivity contribution in [1.29, 1.82) is 0 Å². The van der Waals surface area contributed by atoms with E-state index < -0.39 is 0 Å². The predicted molar refractivity (Wildman–Crippen MR) is 112 cm³/mol. The maximum Gasteiger partial charge on any atom is 0.308 e. The highest BCUT2D eigenvalue weighted by molar-refractivity contribution is 5.72. The van der Waals surface area contributed by atoms with Gasteiger partial charge in [-0.1, -0.05) is 20.8 Å². The van der Waals surface area contributed by atoms with Gasteiger partial charge in [-0.25, -0.2) is 0 Å². The third-order valence-corrected chi connectivity index (χ3v) is 6.26. The smallest absolute Gasteiger partial charge is 0.308 e. The Morgan fingerprint density at radius 1 is 0.741 bits per heavy atom. The van der Waals surface area contributed by atoms with Crippen LogP contribution in [0.2, 0.25) is 0 Å². The van der Waals surface area contributed by atoms with Crippen LogP contribution < -0.4 is 0 Å². The molecule has 0 unspecified atom stereocenters. The minimum absolute atomic E-state index is 0.0434. The van der Waals surface area contributed by atoms with Gasteiger partial charge in [-0.15, -0.1) is 0 Å². The van der Waals surface area contributed by atoms with Crippen molar-refractivity contribution in [3.63, 3.8) is 0 Å². The Kier molecular flexibility index (Phi) is 8.21. The molecule has 2 fully saturated rings. The monoisotopic (exact) mass is 380 g/mol. The zero-order chi connectivity index (χ0) is 20.1. The second-order valence-corrected chi connectivity index (χ2v) is 11.4. The van der Waals surface area contributed by atoms with Crippen LogP contribution in [0.5, 0.6) is 0 Å². The fraction of sp³-hybridized carbons (Fsp3) is 0.958. The highest BCUT2D eigenvalue weighted by Crippen LogP contribution is 2.37. The van der Waals surface area contributed by atoms with Crippen LogP contribution in [0.25, 0.3) is 0 Å². The Balaban J connectivity index is 1.60. The summed E-state index contributed by atoms with van der Waals surface area (Å²) in [6.45, 7) is 14.8. The van der Waals surface area contributed by atoms with Crippen molar-refractivity contribution in [2.45, 2.75) is 105 Å². The molecule has 0 amide bonds. The number of carbonyl (C=O) groups excluding carboxylic acids is 1. The summed E-state index contributed by atoms with van der Waals surface area (Å²) in [5.41, 5.74) is 0.354. The van der Waals surface area contributed by atoms with Gasteiger partial charge in [-0.3, -0.25) is 4.79 Å². The van der Waals surface area contributed by atoms with E-state index in [9.17, 15) is 4.79 Å². The predicted octanol–water partition coefficient (Wildman–Crippen LogP) is 6.39. The van der Waals surface area contributed by atoms with Gasteiger partial charge in [0.25, 0.3) is 0 Å². The summed E-state index contributed by atoms with van der Waals surface area (Å²) in [5, 5.41) is 0. The molecule has 158 valence electrons. The van der Waals surface area contributed by atoms with Gasteiger partial charge >= 0.3 is 5.97 Å². The molecule has 0 radical (unpaired) electrons. The molecule has 0 aromatic rings. The topological polar surface area (TPSA) is 35.5 Å². The summed E-state index contributed by atoms with van der Waals surface area (Å²) < 4.78 is 11.7. The van der Waals surface area contributed by atoms with Gasteiger partial charge in [0.05, 0.1) is 24.7 Å². The van der Waals surface area contributed by atoms with E-state index in [1.54, 1.807) is 0 Å². The lowest BCUT2D eigenvalue weighted by Gasteiger charge is -2.32. The molecule has 2 saturated carbocycles. The van der Waals surface area contributed by atoms with E-state index in [1.807, 2.05) is 0 Å². The number of carbonyl (C=O) groups is 1. The summed E-state index contributed by atoms with van der Waals surface area (Å²) in [6, 6.07) is 0. The Bertz CT molecular complexity index is 441. The van der Waals surface area contributed by atoms with Gasteiger partial charge in [-0.2, -0.15) is 0 Å². The first-order chi connectivity index (χ1) is 12.5. The average Bonchev–Trinajstić information content (AvgIpc) is 2.57. The van der Waals surface area contributed by atoms with E-state index in [4.69, 9.17) is 9.47 Å². The lowest BCUT2D eigenvalue weighted by atomic mass is 9.74. The van der Waals surface area contributed by atoms with Crippen molar-refractivity contribution in [2.24, 2.45) is 29.1 Å². The van der Waals surface area contributed by atoms with E-state index in [0.717, 1.165) is 25.4 Å². The number of hydrogen-bond donors (Lipinski definition) is 0. The summed E-state index contributed by atoms with van der Waals surface area (Å²) >= 11 is 0. The molecule has 27 heavy (non-hydrogen) atoms. The number of ether oxygens (including phenoxy) is 2. The SMILES string of the molecule is CC(C)(C)CC1CCC(C(=O)OCC2CCC(COC(C)(C)C)CC2)CC1. The van der Waals surface area contributed by atoms with Crippen LogP contribution in [0, 0.1) is 29.1 Å². The lowest BCUT2D eigenvalue weighted by molar-refractivity contribution is -0.152. The fourth-order valence-corrected chi connectivity index (χ4v) is 4.72. The normalized spacial score (nSPS) is 30.1. The standard InChI is InChI=1S/C24H44O3/c1-23(2,3)15-18-11-13-21(14-12-18)22(25)26-16-19-7-9-20(10-8-19)17-27-24(4,5)6/h18-21H,7-17H2,1-6H3. The van der Waals surface area contributed by atoms with Crippen molar-refractivity contribution < 1.29 is 14.3 Å². The van der Waals surface area contributed by atoms with Gasteiger partial charge in [-0.05, 0) is 102 Å². The molecule has 0 N–H and O–H groups in total. The van der Waals surface area contributed by atoms with Crippen molar-refractivity contribution in [3.8, 4) is 0 Å². The minimum Gasteiger partial charge on any atom is -0.465 e. The Hall–Kier alpha value is -0.570. The van der Waals surface area contributed by atoms with Gasteiger partial charge in [0.2, 0.25) is 0 Å². The third kappa shape index (κ3) is 8.98. The number of rotatable bonds is 6. The number of esters is 1. The molecule has 0 aromatic heterocycles. The number of hydrogen-bond acceptors (Lipinski definition) is 3. The second-order valence-electron chi connectivity index (χ2n) is 11.4. The molecule has 0 bridgehead atoms. The van der Waals surface area contributed by atoms with Crippen LogP contribution in [0.3, 0.4) is 0 Å². The van der Waals surface area contributed by atoms with Crippen LogP contribution in [0.15, 0.2) is 0 Å². The van der Waals surface area contributed by atoms with Crippen molar-refractivity contribution >= 4 is 5.97 Å². The van der Waals surface area contributed by atoms with Crippen LogP contribution >= 0.6 is 0 Å². The molecule has 2 aliphatic rings. The van der Waals surface area contributed by atoms with E-state index in [-0.39, 0.29) is 17.5 Å².